The summed E-state index contributed by atoms with van der Waals surface area (Å²) in [6.45, 7) is 0. The first-order chi connectivity index (χ1) is 10.9. The lowest BCUT2D eigenvalue weighted by molar-refractivity contribution is -0.114. The number of hydrogen-bond donors (Lipinski definition) is 2. The van der Waals surface area contributed by atoms with Crippen LogP contribution in [0.4, 0.5) is 0 Å². The average molecular weight is 352 g/mol. The van der Waals surface area contributed by atoms with E-state index in [1.54, 1.807) is 24.3 Å². The molecule has 0 unspecified atom stereocenters. The molecule has 8 heteroatoms. The maximum Gasteiger partial charge on any atom is 0.353 e. The number of carbonyl (C=O) groups is 2. The summed E-state index contributed by atoms with van der Waals surface area (Å²) in [7, 11) is 0. The molecule has 0 saturated carbocycles. The maximum absolute atomic E-state index is 11.8. The number of amides is 2. The maximum atomic E-state index is 11.8. The molecular weight excluding hydrogens is 345 g/mol. The quantitative estimate of drug-likeness (QED) is 0.765. The summed E-state index contributed by atoms with van der Waals surface area (Å²) >= 11 is 11.3. The molecule has 0 fully saturated rings. The summed E-state index contributed by atoms with van der Waals surface area (Å²) in [5, 5.41) is 11.3. The molecule has 0 aliphatic carbocycles. The number of hydrogen-bond acceptors (Lipinski definition) is 5. The van der Waals surface area contributed by atoms with Gasteiger partial charge in [0.05, 0.1) is 5.02 Å². The minimum absolute atomic E-state index is 0.343. The summed E-state index contributed by atoms with van der Waals surface area (Å²) in [6.07, 6.45) is 0. The number of carbonyl (C=O) groups excluding carboxylic acids is 2. The molecule has 0 aliphatic heterocycles. The van der Waals surface area contributed by atoms with Gasteiger partial charge in [-0.1, -0.05) is 29.7 Å². The largest absolute Gasteiger partial charge is 0.507 e. The van der Waals surface area contributed by atoms with Crippen molar-refractivity contribution in [3.8, 4) is 17.6 Å². The Morgan fingerprint density at radius 3 is 2.57 bits per heavy atom. The highest BCUT2D eigenvalue weighted by molar-refractivity contribution is 6.31. The Morgan fingerprint density at radius 2 is 1.91 bits per heavy atom. The van der Waals surface area contributed by atoms with Crippen molar-refractivity contribution in [3.05, 3.63) is 62.1 Å². The van der Waals surface area contributed by atoms with Crippen LogP contribution < -0.4 is 10.9 Å². The smallest absolute Gasteiger partial charge is 0.353 e. The Balaban J connectivity index is 2.18. The van der Waals surface area contributed by atoms with Gasteiger partial charge in [0, 0.05) is 17.6 Å². The molecule has 2 N–H and O–H groups in total. The Kier molecular flexibility index (Phi) is 5.06. The Hall–Kier alpha value is -2.75. The van der Waals surface area contributed by atoms with Crippen molar-refractivity contribution in [1.29, 1.82) is 0 Å². The molecule has 6 nitrogen and oxygen atoms in total. The van der Waals surface area contributed by atoms with Crippen LogP contribution in [0.1, 0.15) is 15.9 Å². The fourth-order valence-electron chi connectivity index (χ4n) is 1.55. The van der Waals surface area contributed by atoms with Crippen LogP contribution in [0.5, 0.6) is 5.75 Å². The van der Waals surface area contributed by atoms with E-state index in [2.05, 4.69) is 16.3 Å². The number of aromatic hydroxyl groups is 1. The monoisotopic (exact) mass is 351 g/mol. The summed E-state index contributed by atoms with van der Waals surface area (Å²) < 4.78 is 4.46. The SMILES string of the molecule is O=C(C#Cc1ccccc1Cl)NC(=O)c1c(O)cc(Cl)oc1=O. The van der Waals surface area contributed by atoms with E-state index in [1.807, 2.05) is 5.32 Å². The Morgan fingerprint density at radius 1 is 1.22 bits per heavy atom. The van der Waals surface area contributed by atoms with Gasteiger partial charge in [-0.15, -0.1) is 0 Å². The van der Waals surface area contributed by atoms with Gasteiger partial charge >= 0.3 is 11.5 Å². The van der Waals surface area contributed by atoms with E-state index in [0.29, 0.717) is 10.6 Å². The summed E-state index contributed by atoms with van der Waals surface area (Å²) in [4.78, 5) is 34.9. The second-order valence-electron chi connectivity index (χ2n) is 4.11. The van der Waals surface area contributed by atoms with Gasteiger partial charge in [-0.05, 0) is 23.7 Å². The van der Waals surface area contributed by atoms with Gasteiger partial charge in [0.2, 0.25) is 5.22 Å². The van der Waals surface area contributed by atoms with E-state index in [9.17, 15) is 19.5 Å². The molecule has 2 rings (SSSR count). The lowest BCUT2D eigenvalue weighted by atomic mass is 10.2. The second-order valence-corrected chi connectivity index (χ2v) is 4.89. The highest BCUT2D eigenvalue weighted by Crippen LogP contribution is 2.18. The normalized spacial score (nSPS) is 9.65. The molecule has 2 aromatic rings. The van der Waals surface area contributed by atoms with E-state index in [4.69, 9.17) is 23.2 Å². The van der Waals surface area contributed by atoms with Crippen LogP contribution in [-0.4, -0.2) is 16.9 Å². The first-order valence-corrected chi connectivity index (χ1v) is 6.78. The van der Waals surface area contributed by atoms with Crippen molar-refractivity contribution in [1.82, 2.24) is 5.32 Å². The third kappa shape index (κ3) is 4.13. The summed E-state index contributed by atoms with van der Waals surface area (Å²) in [6, 6.07) is 7.41. The van der Waals surface area contributed by atoms with E-state index in [-0.39, 0.29) is 0 Å². The minimum atomic E-state index is -1.18. The van der Waals surface area contributed by atoms with Crippen molar-refractivity contribution in [2.75, 3.05) is 0 Å². The summed E-state index contributed by atoms with van der Waals surface area (Å²) in [5.41, 5.74) is -1.53. The first-order valence-electron chi connectivity index (χ1n) is 6.03. The van der Waals surface area contributed by atoms with Gasteiger partial charge in [0.1, 0.15) is 5.75 Å². The number of nitrogens with one attached hydrogen (secondary N) is 1. The molecule has 0 spiro atoms. The highest BCUT2D eigenvalue weighted by Gasteiger charge is 2.20. The van der Waals surface area contributed by atoms with Crippen molar-refractivity contribution < 1.29 is 19.1 Å². The molecule has 0 radical (unpaired) electrons. The van der Waals surface area contributed by atoms with Crippen molar-refractivity contribution in [3.63, 3.8) is 0 Å². The standard InChI is InChI=1S/C15H7Cl2NO5/c16-9-4-2-1-3-8(9)5-6-12(20)18-14(21)13-10(19)7-11(17)23-15(13)22/h1-4,7,19H,(H,18,20,21). The van der Waals surface area contributed by atoms with Gasteiger partial charge in [-0.2, -0.15) is 0 Å². The molecule has 0 aliphatic rings. The lowest BCUT2D eigenvalue weighted by Gasteiger charge is -2.01. The number of imide groups is 1. The number of halogens is 2. The predicted molar refractivity (Wildman–Crippen MR) is 82.5 cm³/mol. The predicted octanol–water partition coefficient (Wildman–Crippen LogP) is 1.96. The fraction of sp³-hybridized carbons (Fsp3) is 0. The van der Waals surface area contributed by atoms with Crippen LogP contribution in [0.15, 0.2) is 39.5 Å². The van der Waals surface area contributed by atoms with Crippen LogP contribution in [-0.2, 0) is 4.79 Å². The molecule has 23 heavy (non-hydrogen) atoms. The molecule has 1 aromatic carbocycles. The van der Waals surface area contributed by atoms with Gasteiger partial charge in [-0.3, -0.25) is 14.9 Å². The lowest BCUT2D eigenvalue weighted by Crippen LogP contribution is -2.32. The average Bonchev–Trinajstić information content (AvgIpc) is 2.45. The van der Waals surface area contributed by atoms with Crippen LogP contribution in [0.2, 0.25) is 10.2 Å². The van der Waals surface area contributed by atoms with Gasteiger partial charge < -0.3 is 9.52 Å². The zero-order chi connectivity index (χ0) is 17.0. The second kappa shape index (κ2) is 7.01. The molecule has 2 amide bonds. The van der Waals surface area contributed by atoms with Crippen LogP contribution >= 0.6 is 23.2 Å². The van der Waals surface area contributed by atoms with Crippen molar-refractivity contribution >= 4 is 35.0 Å². The van der Waals surface area contributed by atoms with Crippen molar-refractivity contribution in [2.45, 2.75) is 0 Å². The molecule has 1 heterocycles. The fourth-order valence-corrected chi connectivity index (χ4v) is 1.90. The molecule has 0 bridgehead atoms. The number of benzene rings is 1. The van der Waals surface area contributed by atoms with Crippen LogP contribution in [0, 0.1) is 11.8 Å². The van der Waals surface area contributed by atoms with Gasteiger partial charge in [0.25, 0.3) is 5.91 Å². The van der Waals surface area contributed by atoms with E-state index in [0.717, 1.165) is 6.07 Å². The number of rotatable bonds is 1. The van der Waals surface area contributed by atoms with E-state index < -0.39 is 34.0 Å². The third-order valence-corrected chi connectivity index (χ3v) is 3.06. The highest BCUT2D eigenvalue weighted by atomic mass is 35.5. The van der Waals surface area contributed by atoms with Gasteiger partial charge in [0.15, 0.2) is 5.56 Å². The Labute approximate surface area is 139 Å². The minimum Gasteiger partial charge on any atom is -0.507 e. The summed E-state index contributed by atoms with van der Waals surface area (Å²) in [5.74, 6) is 1.77. The topological polar surface area (TPSA) is 96.6 Å². The molecule has 116 valence electrons. The Bertz CT molecular complexity index is 908. The zero-order valence-corrected chi connectivity index (χ0v) is 12.7. The van der Waals surface area contributed by atoms with E-state index in [1.165, 1.54) is 0 Å². The van der Waals surface area contributed by atoms with Crippen LogP contribution in [0.25, 0.3) is 0 Å². The zero-order valence-electron chi connectivity index (χ0n) is 11.2. The molecule has 0 atom stereocenters. The van der Waals surface area contributed by atoms with E-state index >= 15 is 0 Å². The first kappa shape index (κ1) is 16.6. The molecular formula is C15H7Cl2NO5. The molecule has 0 saturated heterocycles. The van der Waals surface area contributed by atoms with Crippen LogP contribution in [0.3, 0.4) is 0 Å². The van der Waals surface area contributed by atoms with Gasteiger partial charge in [-0.25, -0.2) is 4.79 Å². The van der Waals surface area contributed by atoms with Crippen molar-refractivity contribution in [2.24, 2.45) is 0 Å². The molecule has 1 aromatic heterocycles. The third-order valence-electron chi connectivity index (χ3n) is 2.54.